The molecule has 0 saturated heterocycles. The lowest BCUT2D eigenvalue weighted by Gasteiger charge is -2.27. The highest BCUT2D eigenvalue weighted by Gasteiger charge is 2.33. The highest BCUT2D eigenvalue weighted by atomic mass is 32.1. The van der Waals surface area contributed by atoms with E-state index in [0.717, 1.165) is 35.4 Å². The van der Waals surface area contributed by atoms with Crippen molar-refractivity contribution in [3.63, 3.8) is 0 Å². The van der Waals surface area contributed by atoms with Gasteiger partial charge >= 0.3 is 5.97 Å². The molecular formula is C26H25FN2O4S. The van der Waals surface area contributed by atoms with Crippen LogP contribution >= 0.6 is 11.3 Å². The van der Waals surface area contributed by atoms with E-state index < -0.39 is 18.0 Å². The second-order valence-electron chi connectivity index (χ2n) is 8.64. The first-order chi connectivity index (χ1) is 16.4. The van der Waals surface area contributed by atoms with Crippen LogP contribution in [0.25, 0.3) is 0 Å². The third-order valence-corrected chi connectivity index (χ3v) is 7.36. The minimum atomic E-state index is -0.610. The fourth-order valence-electron chi connectivity index (χ4n) is 4.43. The second-order valence-corrected chi connectivity index (χ2v) is 9.75. The van der Waals surface area contributed by atoms with Crippen LogP contribution in [0.15, 0.2) is 42.5 Å². The summed E-state index contributed by atoms with van der Waals surface area (Å²) in [4.78, 5) is 26.8. The number of thiophene rings is 1. The Kier molecular flexibility index (Phi) is 6.00. The summed E-state index contributed by atoms with van der Waals surface area (Å²) in [6.07, 6.45) is 2.61. The van der Waals surface area contributed by atoms with Gasteiger partial charge < -0.3 is 20.1 Å². The van der Waals surface area contributed by atoms with Gasteiger partial charge in [-0.1, -0.05) is 13.0 Å². The maximum atomic E-state index is 13.2. The molecule has 176 valence electrons. The predicted octanol–water partition coefficient (Wildman–Crippen LogP) is 5.48. The minimum Gasteiger partial charge on any atom is -0.490 e. The molecule has 34 heavy (non-hydrogen) atoms. The predicted molar refractivity (Wildman–Crippen MR) is 128 cm³/mol. The van der Waals surface area contributed by atoms with Crippen LogP contribution in [0.2, 0.25) is 0 Å². The van der Waals surface area contributed by atoms with Gasteiger partial charge in [-0.05, 0) is 79.6 Å². The number of benzene rings is 2. The first-order valence-corrected chi connectivity index (χ1v) is 12.2. The summed E-state index contributed by atoms with van der Waals surface area (Å²) in [7, 11) is 0. The van der Waals surface area contributed by atoms with E-state index >= 15 is 0 Å². The van der Waals surface area contributed by atoms with Crippen molar-refractivity contribution in [3.8, 4) is 11.5 Å². The van der Waals surface area contributed by atoms with Crippen molar-refractivity contribution in [1.29, 1.82) is 0 Å². The minimum absolute atomic E-state index is 0.0735. The number of nitrogens with one attached hydrogen (secondary N) is 2. The lowest BCUT2D eigenvalue weighted by molar-refractivity contribution is 0.0728. The standard InChI is InChI=1S/C26H25FN2O4S/c1-3-32-20-13-16(7-11-19(20)33-26(31)15-5-8-17(27)9-6-15)23-28-24(30)22-18-10-4-14(2)12-21(18)34-25(22)29-23/h5-9,11,13-14,23,29H,3-4,10,12H2,1-2H3,(H,28,30)/t14-,23-/m0/s1. The number of amides is 1. The maximum Gasteiger partial charge on any atom is 0.343 e. The largest absolute Gasteiger partial charge is 0.490 e. The lowest BCUT2D eigenvalue weighted by atomic mass is 9.88. The van der Waals surface area contributed by atoms with Gasteiger partial charge in [0, 0.05) is 4.88 Å². The molecule has 0 saturated carbocycles. The smallest absolute Gasteiger partial charge is 0.343 e. The normalized spacial score (nSPS) is 18.9. The Morgan fingerprint density at radius 2 is 1.94 bits per heavy atom. The van der Waals surface area contributed by atoms with E-state index in [1.165, 1.54) is 34.7 Å². The Labute approximate surface area is 201 Å². The molecule has 2 aromatic carbocycles. The van der Waals surface area contributed by atoms with Crippen molar-refractivity contribution in [3.05, 3.63) is 75.4 Å². The van der Waals surface area contributed by atoms with Gasteiger partial charge in [-0.2, -0.15) is 0 Å². The number of hydrogen-bond acceptors (Lipinski definition) is 6. The Balaban J connectivity index is 1.39. The van der Waals surface area contributed by atoms with Gasteiger partial charge in [0.05, 0.1) is 17.7 Å². The molecule has 0 bridgehead atoms. The summed E-state index contributed by atoms with van der Waals surface area (Å²) in [5.74, 6) is 0.156. The van der Waals surface area contributed by atoms with Gasteiger partial charge in [-0.15, -0.1) is 11.3 Å². The fourth-order valence-corrected chi connectivity index (χ4v) is 5.87. The zero-order valence-electron chi connectivity index (χ0n) is 18.9. The van der Waals surface area contributed by atoms with E-state index in [1.54, 1.807) is 29.5 Å². The highest BCUT2D eigenvalue weighted by Crippen LogP contribution is 2.43. The topological polar surface area (TPSA) is 76.7 Å². The third-order valence-electron chi connectivity index (χ3n) is 6.17. The molecule has 3 aromatic rings. The van der Waals surface area contributed by atoms with E-state index in [-0.39, 0.29) is 17.2 Å². The van der Waals surface area contributed by atoms with Crippen LogP contribution in [0.3, 0.4) is 0 Å². The number of anilines is 1. The molecule has 6 nitrogen and oxygen atoms in total. The van der Waals surface area contributed by atoms with Crippen molar-refractivity contribution in [2.45, 2.75) is 39.3 Å². The summed E-state index contributed by atoms with van der Waals surface area (Å²) in [6.45, 7) is 4.45. The zero-order chi connectivity index (χ0) is 23.8. The van der Waals surface area contributed by atoms with Gasteiger partial charge in [0.25, 0.3) is 5.91 Å². The molecule has 0 radical (unpaired) electrons. The molecule has 0 fully saturated rings. The van der Waals surface area contributed by atoms with Crippen molar-refractivity contribution in [2.75, 3.05) is 11.9 Å². The molecule has 0 spiro atoms. The average Bonchev–Trinajstić information content (AvgIpc) is 3.18. The van der Waals surface area contributed by atoms with Gasteiger partial charge in [-0.25, -0.2) is 9.18 Å². The molecule has 8 heteroatoms. The van der Waals surface area contributed by atoms with Gasteiger partial charge in [0.15, 0.2) is 11.5 Å². The van der Waals surface area contributed by atoms with E-state index in [0.29, 0.717) is 18.3 Å². The van der Waals surface area contributed by atoms with Crippen LogP contribution < -0.4 is 20.1 Å². The molecule has 2 heterocycles. The van der Waals surface area contributed by atoms with E-state index in [9.17, 15) is 14.0 Å². The molecule has 0 unspecified atom stereocenters. The molecule has 5 rings (SSSR count). The third kappa shape index (κ3) is 4.25. The van der Waals surface area contributed by atoms with Crippen molar-refractivity contribution in [2.24, 2.45) is 5.92 Å². The van der Waals surface area contributed by atoms with Crippen molar-refractivity contribution >= 4 is 28.2 Å². The van der Waals surface area contributed by atoms with Crippen LogP contribution in [-0.2, 0) is 12.8 Å². The highest BCUT2D eigenvalue weighted by molar-refractivity contribution is 7.16. The van der Waals surface area contributed by atoms with Gasteiger partial charge in [0.1, 0.15) is 17.0 Å². The molecule has 1 amide bonds. The van der Waals surface area contributed by atoms with E-state index in [2.05, 4.69) is 17.6 Å². The summed E-state index contributed by atoms with van der Waals surface area (Å²) in [5, 5.41) is 7.42. The lowest BCUT2D eigenvalue weighted by Crippen LogP contribution is -2.38. The Bertz CT molecular complexity index is 1250. The quantitative estimate of drug-likeness (QED) is 0.373. The van der Waals surface area contributed by atoms with Crippen LogP contribution in [0, 0.1) is 11.7 Å². The molecule has 1 aliphatic carbocycles. The summed E-state index contributed by atoms with van der Waals surface area (Å²) in [5.41, 5.74) is 2.97. The second kappa shape index (κ2) is 9.10. The SMILES string of the molecule is CCOc1cc([C@H]2NC(=O)c3c(sc4c3CC[C@H](C)C4)N2)ccc1OC(=O)c1ccc(F)cc1. The molecular weight excluding hydrogens is 455 g/mol. The van der Waals surface area contributed by atoms with Crippen LogP contribution in [0.5, 0.6) is 11.5 Å². The molecule has 2 aliphatic rings. The van der Waals surface area contributed by atoms with E-state index in [4.69, 9.17) is 9.47 Å². The maximum absolute atomic E-state index is 13.2. The van der Waals surface area contributed by atoms with E-state index in [1.807, 2.05) is 6.92 Å². The summed E-state index contributed by atoms with van der Waals surface area (Å²) < 4.78 is 24.4. The Morgan fingerprint density at radius 3 is 2.71 bits per heavy atom. The molecule has 1 aliphatic heterocycles. The zero-order valence-corrected chi connectivity index (χ0v) is 19.8. The number of hydrogen-bond donors (Lipinski definition) is 2. The number of ether oxygens (including phenoxy) is 2. The molecule has 1 aromatic heterocycles. The van der Waals surface area contributed by atoms with Crippen molar-refractivity contribution in [1.82, 2.24) is 5.32 Å². The number of carbonyl (C=O) groups is 2. The number of rotatable bonds is 5. The Hall–Kier alpha value is -3.39. The Morgan fingerprint density at radius 1 is 1.15 bits per heavy atom. The van der Waals surface area contributed by atoms with Crippen LogP contribution in [0.4, 0.5) is 9.39 Å². The van der Waals surface area contributed by atoms with Crippen LogP contribution in [-0.4, -0.2) is 18.5 Å². The fraction of sp³-hybridized carbons (Fsp3) is 0.308. The number of esters is 1. The number of carbonyl (C=O) groups excluding carboxylic acids is 2. The van der Waals surface area contributed by atoms with Gasteiger partial charge in [0.2, 0.25) is 0 Å². The number of halogens is 1. The van der Waals surface area contributed by atoms with Crippen molar-refractivity contribution < 1.29 is 23.5 Å². The summed E-state index contributed by atoms with van der Waals surface area (Å²) >= 11 is 1.67. The monoisotopic (exact) mass is 480 g/mol. The first kappa shape index (κ1) is 22.4. The van der Waals surface area contributed by atoms with Gasteiger partial charge in [-0.3, -0.25) is 4.79 Å². The number of fused-ring (bicyclic) bond motifs is 3. The summed E-state index contributed by atoms with van der Waals surface area (Å²) in [6, 6.07) is 10.3. The molecule has 2 atom stereocenters. The van der Waals surface area contributed by atoms with Crippen LogP contribution in [0.1, 0.15) is 63.2 Å². The molecule has 2 N–H and O–H groups in total. The first-order valence-electron chi connectivity index (χ1n) is 11.4. The average molecular weight is 481 g/mol.